The Bertz CT molecular complexity index is 1100. The van der Waals surface area contributed by atoms with Gasteiger partial charge in [0.2, 0.25) is 0 Å². The Hall–Kier alpha value is -2.28. The number of carbonyl (C=O) groups is 1. The molecule has 3 aromatic rings. The molecule has 29 heavy (non-hydrogen) atoms. The number of aromatic amines is 1. The summed E-state index contributed by atoms with van der Waals surface area (Å²) in [6, 6.07) is 9.65. The number of ether oxygens (including phenoxy) is 1. The van der Waals surface area contributed by atoms with E-state index in [4.69, 9.17) is 39.5 Å². The molecule has 0 atom stereocenters. The summed E-state index contributed by atoms with van der Waals surface area (Å²) < 4.78 is 5.54. The van der Waals surface area contributed by atoms with E-state index in [0.717, 1.165) is 6.42 Å². The number of nitrogens with zero attached hydrogens (tertiary/aromatic N) is 2. The average molecular weight is 455 g/mol. The van der Waals surface area contributed by atoms with E-state index in [0.29, 0.717) is 44.1 Å². The van der Waals surface area contributed by atoms with Crippen molar-refractivity contribution in [3.8, 4) is 5.75 Å². The third-order valence-corrected chi connectivity index (χ3v) is 4.93. The van der Waals surface area contributed by atoms with Gasteiger partial charge in [0, 0.05) is 22.7 Å². The molecular formula is C20H18Cl3N3O3. The van der Waals surface area contributed by atoms with E-state index in [9.17, 15) is 9.59 Å². The molecule has 1 N–H and O–H groups in total. The lowest BCUT2D eigenvalue weighted by molar-refractivity contribution is -0.134. The zero-order valence-corrected chi connectivity index (χ0v) is 17.8. The van der Waals surface area contributed by atoms with Crippen molar-refractivity contribution in [2.24, 2.45) is 0 Å². The number of H-pyrrole nitrogens is 1. The van der Waals surface area contributed by atoms with Gasteiger partial charge in [0.1, 0.15) is 11.6 Å². The van der Waals surface area contributed by atoms with E-state index in [1.54, 1.807) is 41.3 Å². The number of benzene rings is 2. The maximum Gasteiger partial charge on any atom is 0.260 e. The van der Waals surface area contributed by atoms with Crippen LogP contribution in [0.25, 0.3) is 10.9 Å². The smallest absolute Gasteiger partial charge is 0.260 e. The molecule has 0 bridgehead atoms. The van der Waals surface area contributed by atoms with E-state index < -0.39 is 0 Å². The molecule has 6 nitrogen and oxygen atoms in total. The lowest BCUT2D eigenvalue weighted by atomic mass is 10.2. The fourth-order valence-corrected chi connectivity index (χ4v) is 3.30. The van der Waals surface area contributed by atoms with E-state index in [1.807, 2.05) is 6.92 Å². The SMILES string of the molecule is CCCN(Cc1nc2cc(Cl)ccc2c(=O)[nH]1)C(=O)COc1cc(Cl)ccc1Cl. The van der Waals surface area contributed by atoms with Crippen LogP contribution in [0.3, 0.4) is 0 Å². The van der Waals surface area contributed by atoms with Crippen LogP contribution in [0.1, 0.15) is 19.2 Å². The summed E-state index contributed by atoms with van der Waals surface area (Å²) in [6.45, 7) is 2.34. The van der Waals surface area contributed by atoms with Crippen molar-refractivity contribution >= 4 is 51.6 Å². The van der Waals surface area contributed by atoms with Crippen LogP contribution < -0.4 is 10.3 Å². The van der Waals surface area contributed by atoms with E-state index >= 15 is 0 Å². The third kappa shape index (κ3) is 5.41. The van der Waals surface area contributed by atoms with Crippen molar-refractivity contribution in [3.63, 3.8) is 0 Å². The Morgan fingerprint density at radius 3 is 2.62 bits per heavy atom. The van der Waals surface area contributed by atoms with Crippen LogP contribution in [-0.4, -0.2) is 33.9 Å². The summed E-state index contributed by atoms with van der Waals surface area (Å²) in [7, 11) is 0. The highest BCUT2D eigenvalue weighted by Gasteiger charge is 2.17. The number of hydrogen-bond donors (Lipinski definition) is 1. The van der Waals surface area contributed by atoms with Crippen LogP contribution in [0.15, 0.2) is 41.2 Å². The number of hydrogen-bond acceptors (Lipinski definition) is 4. The van der Waals surface area contributed by atoms with Crippen LogP contribution in [0.4, 0.5) is 0 Å². The first kappa shape index (κ1) is 21.4. The monoisotopic (exact) mass is 453 g/mol. The van der Waals surface area contributed by atoms with E-state index in [2.05, 4.69) is 9.97 Å². The van der Waals surface area contributed by atoms with Gasteiger partial charge in [-0.05, 0) is 36.8 Å². The number of rotatable bonds is 7. The first-order valence-corrected chi connectivity index (χ1v) is 10.0. The minimum Gasteiger partial charge on any atom is -0.482 e. The standard InChI is InChI=1S/C20H18Cl3N3O3/c1-2-7-26(19(27)11-29-17-9-13(22)4-6-15(17)23)10-18-24-16-8-12(21)3-5-14(16)20(28)25-18/h3-6,8-9H,2,7,10-11H2,1H3,(H,24,25,28). The second-order valence-corrected chi connectivity index (χ2v) is 7.63. The second kappa shape index (κ2) is 9.48. The number of amides is 1. The van der Waals surface area contributed by atoms with Crippen molar-refractivity contribution in [1.82, 2.24) is 14.9 Å². The molecule has 152 valence electrons. The summed E-state index contributed by atoms with van der Waals surface area (Å²) >= 11 is 18.0. The Morgan fingerprint density at radius 1 is 1.14 bits per heavy atom. The molecule has 0 saturated carbocycles. The topological polar surface area (TPSA) is 75.3 Å². The van der Waals surface area contributed by atoms with Crippen molar-refractivity contribution in [2.75, 3.05) is 13.2 Å². The summed E-state index contributed by atoms with van der Waals surface area (Å²) in [5, 5.41) is 1.74. The number of carbonyl (C=O) groups excluding carboxylic acids is 1. The zero-order valence-electron chi connectivity index (χ0n) is 15.5. The van der Waals surface area contributed by atoms with Crippen LogP contribution in [0.5, 0.6) is 5.75 Å². The Labute approximate surface area is 182 Å². The fourth-order valence-electron chi connectivity index (χ4n) is 2.80. The van der Waals surface area contributed by atoms with Gasteiger partial charge < -0.3 is 14.6 Å². The highest BCUT2D eigenvalue weighted by atomic mass is 35.5. The number of nitrogens with one attached hydrogen (secondary N) is 1. The van der Waals surface area contributed by atoms with Crippen molar-refractivity contribution < 1.29 is 9.53 Å². The summed E-state index contributed by atoms with van der Waals surface area (Å²) in [5.74, 6) is 0.430. The number of aromatic nitrogens is 2. The van der Waals surface area contributed by atoms with Crippen LogP contribution >= 0.6 is 34.8 Å². The minimum atomic E-state index is -0.285. The number of halogens is 3. The number of fused-ring (bicyclic) bond motifs is 1. The van der Waals surface area contributed by atoms with Gasteiger partial charge in [0.05, 0.1) is 22.5 Å². The highest BCUT2D eigenvalue weighted by Crippen LogP contribution is 2.27. The maximum absolute atomic E-state index is 12.7. The molecule has 0 spiro atoms. The normalized spacial score (nSPS) is 10.9. The van der Waals surface area contributed by atoms with Gasteiger partial charge in [-0.1, -0.05) is 41.7 Å². The zero-order chi connectivity index (χ0) is 21.0. The van der Waals surface area contributed by atoms with Gasteiger partial charge in [0.15, 0.2) is 6.61 Å². The first-order chi connectivity index (χ1) is 13.9. The predicted octanol–water partition coefficient (Wildman–Crippen LogP) is 4.70. The Morgan fingerprint density at radius 2 is 1.86 bits per heavy atom. The van der Waals surface area contributed by atoms with Crippen LogP contribution in [0, 0.1) is 0 Å². The van der Waals surface area contributed by atoms with E-state index in [-0.39, 0.29) is 24.6 Å². The second-order valence-electron chi connectivity index (χ2n) is 6.35. The van der Waals surface area contributed by atoms with Gasteiger partial charge in [-0.15, -0.1) is 0 Å². The highest BCUT2D eigenvalue weighted by molar-refractivity contribution is 6.34. The lowest BCUT2D eigenvalue weighted by Crippen LogP contribution is -2.36. The fraction of sp³-hybridized carbons (Fsp3) is 0.250. The largest absolute Gasteiger partial charge is 0.482 e. The molecule has 9 heteroatoms. The average Bonchev–Trinajstić information content (AvgIpc) is 2.67. The van der Waals surface area contributed by atoms with Crippen molar-refractivity contribution in [1.29, 1.82) is 0 Å². The molecule has 1 amide bonds. The van der Waals surface area contributed by atoms with Gasteiger partial charge in [-0.2, -0.15) is 0 Å². The molecule has 3 rings (SSSR count). The predicted molar refractivity (Wildman–Crippen MR) is 115 cm³/mol. The van der Waals surface area contributed by atoms with Gasteiger partial charge >= 0.3 is 0 Å². The molecule has 1 heterocycles. The molecular weight excluding hydrogens is 437 g/mol. The first-order valence-electron chi connectivity index (χ1n) is 8.91. The molecule has 0 radical (unpaired) electrons. The summed E-state index contributed by atoms with van der Waals surface area (Å²) in [6.07, 6.45) is 0.729. The Balaban J connectivity index is 1.77. The Kier molecular flexibility index (Phi) is 7.00. The van der Waals surface area contributed by atoms with Gasteiger partial charge in [0.25, 0.3) is 11.5 Å². The van der Waals surface area contributed by atoms with Crippen LogP contribution in [-0.2, 0) is 11.3 Å². The molecule has 1 aromatic heterocycles. The lowest BCUT2D eigenvalue weighted by Gasteiger charge is -2.22. The van der Waals surface area contributed by atoms with E-state index in [1.165, 1.54) is 0 Å². The quantitative estimate of drug-likeness (QED) is 0.561. The third-order valence-electron chi connectivity index (χ3n) is 4.15. The summed E-state index contributed by atoms with van der Waals surface area (Å²) in [4.78, 5) is 33.7. The van der Waals surface area contributed by atoms with Crippen molar-refractivity contribution in [2.45, 2.75) is 19.9 Å². The molecule has 0 saturated heterocycles. The molecule has 0 aliphatic rings. The molecule has 0 aliphatic carbocycles. The molecule has 0 fully saturated rings. The molecule has 2 aromatic carbocycles. The maximum atomic E-state index is 12.7. The summed E-state index contributed by atoms with van der Waals surface area (Å²) in [5.41, 5.74) is 0.189. The van der Waals surface area contributed by atoms with Gasteiger partial charge in [-0.3, -0.25) is 9.59 Å². The molecule has 0 aliphatic heterocycles. The van der Waals surface area contributed by atoms with Crippen molar-refractivity contribution in [3.05, 3.63) is 67.6 Å². The van der Waals surface area contributed by atoms with Crippen LogP contribution in [0.2, 0.25) is 15.1 Å². The molecule has 0 unspecified atom stereocenters. The minimum absolute atomic E-state index is 0.136. The van der Waals surface area contributed by atoms with Gasteiger partial charge in [-0.25, -0.2) is 4.98 Å².